The summed E-state index contributed by atoms with van der Waals surface area (Å²) in [6, 6.07) is 0. The van der Waals surface area contributed by atoms with Crippen molar-refractivity contribution in [3.05, 3.63) is 47.1 Å². The lowest BCUT2D eigenvalue weighted by atomic mass is 9.73. The summed E-state index contributed by atoms with van der Waals surface area (Å²) in [7, 11) is 0. The summed E-state index contributed by atoms with van der Waals surface area (Å²) >= 11 is 0. The van der Waals surface area contributed by atoms with Crippen LogP contribution in [0, 0.1) is 11.8 Å². The van der Waals surface area contributed by atoms with Crippen LogP contribution in [0.3, 0.4) is 0 Å². The molecule has 19 heavy (non-hydrogen) atoms. The fourth-order valence-corrected chi connectivity index (χ4v) is 3.89. The van der Waals surface area contributed by atoms with Crippen LogP contribution in [0.5, 0.6) is 0 Å². The molecule has 3 aliphatic carbocycles. The van der Waals surface area contributed by atoms with E-state index < -0.39 is 0 Å². The minimum Gasteiger partial charge on any atom is -0.0842 e. The Labute approximate surface area is 118 Å². The zero-order valence-corrected chi connectivity index (χ0v) is 12.2. The average Bonchev–Trinajstić information content (AvgIpc) is 2.49. The number of hydrogen-bond donors (Lipinski definition) is 0. The van der Waals surface area contributed by atoms with Crippen molar-refractivity contribution in [3.8, 4) is 0 Å². The van der Waals surface area contributed by atoms with Crippen LogP contribution in [0.2, 0.25) is 0 Å². The number of hydrogen-bond acceptors (Lipinski definition) is 0. The number of rotatable bonds is 2. The summed E-state index contributed by atoms with van der Waals surface area (Å²) in [6.07, 6.45) is 22.6. The van der Waals surface area contributed by atoms with Crippen LogP contribution in [-0.2, 0) is 0 Å². The van der Waals surface area contributed by atoms with Crippen LogP contribution in [-0.4, -0.2) is 0 Å². The molecule has 0 aromatic heterocycles. The fourth-order valence-electron chi connectivity index (χ4n) is 3.89. The lowest BCUT2D eigenvalue weighted by molar-refractivity contribution is 0.323. The highest BCUT2D eigenvalue weighted by Gasteiger charge is 2.26. The Morgan fingerprint density at radius 3 is 2.00 bits per heavy atom. The Kier molecular flexibility index (Phi) is 4.06. The van der Waals surface area contributed by atoms with Gasteiger partial charge >= 0.3 is 0 Å². The lowest BCUT2D eigenvalue weighted by Crippen LogP contribution is -2.18. The maximum absolute atomic E-state index is 2.42. The second-order valence-electron chi connectivity index (χ2n) is 6.51. The maximum atomic E-state index is 2.42. The Balaban J connectivity index is 1.58. The van der Waals surface area contributed by atoms with Gasteiger partial charge in [0.25, 0.3) is 0 Å². The summed E-state index contributed by atoms with van der Waals surface area (Å²) in [5.41, 5.74) is 5.02. The molecule has 0 N–H and O–H groups in total. The Morgan fingerprint density at radius 2 is 1.47 bits per heavy atom. The normalized spacial score (nSPS) is 31.5. The molecule has 0 aromatic rings. The third kappa shape index (κ3) is 3.11. The monoisotopic (exact) mass is 254 g/mol. The van der Waals surface area contributed by atoms with Crippen LogP contribution in [0.25, 0.3) is 0 Å². The van der Waals surface area contributed by atoms with E-state index in [0.29, 0.717) is 0 Å². The first-order chi connectivity index (χ1) is 9.33. The SMILES string of the molecule is CC1=CC=C(C2CCC(C3=CC=CCC3)CC2)CC1. The standard InChI is InChI=1S/C19H26/c1-15-7-9-17(10-8-15)19-13-11-18(12-14-19)16-5-3-2-4-6-16/h2-3,5,7,9,18-19H,4,6,8,10-14H2,1H3. The first-order valence-corrected chi connectivity index (χ1v) is 8.05. The van der Waals surface area contributed by atoms with Gasteiger partial charge in [0.05, 0.1) is 0 Å². The summed E-state index contributed by atoms with van der Waals surface area (Å²) in [5, 5.41) is 0. The minimum absolute atomic E-state index is 0.889. The van der Waals surface area contributed by atoms with E-state index in [1.807, 2.05) is 0 Å². The molecule has 0 heterocycles. The molecular formula is C19H26. The first-order valence-electron chi connectivity index (χ1n) is 8.05. The molecule has 0 heteroatoms. The van der Waals surface area contributed by atoms with Gasteiger partial charge in [-0.15, -0.1) is 0 Å². The minimum atomic E-state index is 0.889. The fraction of sp³-hybridized carbons (Fsp3) is 0.579. The van der Waals surface area contributed by atoms with Crippen LogP contribution in [0.4, 0.5) is 0 Å². The summed E-state index contributed by atoms with van der Waals surface area (Å²) < 4.78 is 0. The second-order valence-corrected chi connectivity index (χ2v) is 6.51. The summed E-state index contributed by atoms with van der Waals surface area (Å²) in [6.45, 7) is 2.26. The average molecular weight is 254 g/mol. The smallest absolute Gasteiger partial charge is 0.0200 e. The molecular weight excluding hydrogens is 228 g/mol. The predicted octanol–water partition coefficient (Wildman–Crippen LogP) is 5.74. The zero-order valence-electron chi connectivity index (χ0n) is 12.2. The van der Waals surface area contributed by atoms with E-state index in [9.17, 15) is 0 Å². The van der Waals surface area contributed by atoms with Gasteiger partial charge < -0.3 is 0 Å². The molecule has 0 nitrogen and oxygen atoms in total. The van der Waals surface area contributed by atoms with Gasteiger partial charge in [-0.1, -0.05) is 47.1 Å². The van der Waals surface area contributed by atoms with Gasteiger partial charge in [-0.2, -0.15) is 0 Å². The van der Waals surface area contributed by atoms with Crippen LogP contribution in [0.15, 0.2) is 47.1 Å². The molecule has 0 unspecified atom stereocenters. The third-order valence-corrected chi connectivity index (χ3v) is 5.21. The van der Waals surface area contributed by atoms with Crippen LogP contribution in [0.1, 0.15) is 58.3 Å². The van der Waals surface area contributed by atoms with Gasteiger partial charge in [-0.05, 0) is 70.1 Å². The number of allylic oxidation sites excluding steroid dienone is 8. The van der Waals surface area contributed by atoms with Crippen molar-refractivity contribution in [1.29, 1.82) is 0 Å². The highest BCUT2D eigenvalue weighted by atomic mass is 14.3. The van der Waals surface area contributed by atoms with E-state index in [0.717, 1.165) is 11.8 Å². The third-order valence-electron chi connectivity index (χ3n) is 5.21. The van der Waals surface area contributed by atoms with Crippen molar-refractivity contribution < 1.29 is 0 Å². The van der Waals surface area contributed by atoms with E-state index >= 15 is 0 Å². The van der Waals surface area contributed by atoms with Crippen molar-refractivity contribution >= 4 is 0 Å². The lowest BCUT2D eigenvalue weighted by Gasteiger charge is -2.33. The predicted molar refractivity (Wildman–Crippen MR) is 83.0 cm³/mol. The van der Waals surface area contributed by atoms with E-state index in [1.54, 1.807) is 16.7 Å². The van der Waals surface area contributed by atoms with Crippen molar-refractivity contribution in [1.82, 2.24) is 0 Å². The van der Waals surface area contributed by atoms with Crippen molar-refractivity contribution in [2.45, 2.75) is 58.3 Å². The van der Waals surface area contributed by atoms with Crippen molar-refractivity contribution in [3.63, 3.8) is 0 Å². The molecule has 0 saturated heterocycles. The Hall–Kier alpha value is -1.04. The van der Waals surface area contributed by atoms with Gasteiger partial charge in [-0.25, -0.2) is 0 Å². The molecule has 3 rings (SSSR count). The van der Waals surface area contributed by atoms with Gasteiger partial charge in [0.2, 0.25) is 0 Å². The van der Waals surface area contributed by atoms with Crippen LogP contribution >= 0.6 is 0 Å². The highest BCUT2D eigenvalue weighted by Crippen LogP contribution is 2.40. The summed E-state index contributed by atoms with van der Waals surface area (Å²) in [5.74, 6) is 1.78. The van der Waals surface area contributed by atoms with Gasteiger partial charge in [0.1, 0.15) is 0 Å². The van der Waals surface area contributed by atoms with E-state index in [-0.39, 0.29) is 0 Å². The van der Waals surface area contributed by atoms with E-state index in [1.165, 1.54) is 51.4 Å². The molecule has 0 bridgehead atoms. The zero-order chi connectivity index (χ0) is 13.1. The van der Waals surface area contributed by atoms with Crippen LogP contribution < -0.4 is 0 Å². The first kappa shape index (κ1) is 13.0. The van der Waals surface area contributed by atoms with Crippen molar-refractivity contribution in [2.75, 3.05) is 0 Å². The molecule has 1 saturated carbocycles. The van der Waals surface area contributed by atoms with Gasteiger partial charge in [-0.3, -0.25) is 0 Å². The quantitative estimate of drug-likeness (QED) is 0.590. The Bertz CT molecular complexity index is 437. The van der Waals surface area contributed by atoms with E-state index in [2.05, 4.69) is 37.3 Å². The van der Waals surface area contributed by atoms with Gasteiger partial charge in [0, 0.05) is 0 Å². The largest absolute Gasteiger partial charge is 0.0842 e. The highest BCUT2D eigenvalue weighted by molar-refractivity contribution is 5.26. The molecule has 1 fully saturated rings. The van der Waals surface area contributed by atoms with Crippen molar-refractivity contribution in [2.24, 2.45) is 11.8 Å². The van der Waals surface area contributed by atoms with E-state index in [4.69, 9.17) is 0 Å². The van der Waals surface area contributed by atoms with Gasteiger partial charge in [0.15, 0.2) is 0 Å². The molecule has 0 atom stereocenters. The molecule has 0 amide bonds. The molecule has 102 valence electrons. The topological polar surface area (TPSA) is 0 Å². The molecule has 0 spiro atoms. The second kappa shape index (κ2) is 5.94. The molecule has 0 aromatic carbocycles. The molecule has 0 radical (unpaired) electrons. The maximum Gasteiger partial charge on any atom is -0.0200 e. The molecule has 3 aliphatic rings. The molecule has 0 aliphatic heterocycles. The summed E-state index contributed by atoms with van der Waals surface area (Å²) in [4.78, 5) is 0. The Morgan fingerprint density at radius 1 is 0.789 bits per heavy atom.